The van der Waals surface area contributed by atoms with Crippen molar-refractivity contribution < 1.29 is 18.4 Å². The van der Waals surface area contributed by atoms with Crippen LogP contribution in [0, 0.1) is 0 Å². The molecule has 170 valence electrons. The van der Waals surface area contributed by atoms with Crippen LogP contribution in [0.2, 0.25) is 0 Å². The molecule has 11 heteroatoms. The van der Waals surface area contributed by atoms with E-state index in [-0.39, 0.29) is 11.6 Å². The molecule has 1 aliphatic heterocycles. The second kappa shape index (κ2) is 8.69. The third kappa shape index (κ3) is 3.91. The average molecular weight is 475 g/mol. The molecule has 0 saturated carbocycles. The molecule has 0 radical (unpaired) electrons. The summed E-state index contributed by atoms with van der Waals surface area (Å²) in [6.45, 7) is 2.78. The van der Waals surface area contributed by atoms with Gasteiger partial charge in [-0.1, -0.05) is 12.1 Å². The van der Waals surface area contributed by atoms with E-state index in [9.17, 15) is 4.79 Å². The molecule has 1 N–H and O–H groups in total. The molecule has 5 aromatic rings. The minimum absolute atomic E-state index is 0.205. The largest absolute Gasteiger partial charge is 0.451 e. The Kier molecular flexibility index (Phi) is 5.24. The first-order valence-electron chi connectivity index (χ1n) is 10.6. The Labute approximate surface area is 197 Å². The number of morpholine rings is 1. The average Bonchev–Trinajstić information content (AvgIpc) is 3.65. The summed E-state index contributed by atoms with van der Waals surface area (Å²) in [5, 5.41) is 2.83. The molecule has 34 heavy (non-hydrogen) atoms. The molecule has 0 unspecified atom stereocenters. The van der Waals surface area contributed by atoms with Gasteiger partial charge in [0.1, 0.15) is 6.26 Å². The summed E-state index contributed by atoms with van der Waals surface area (Å²) in [4.78, 5) is 33.2. The molecule has 0 spiro atoms. The highest BCUT2D eigenvalue weighted by Crippen LogP contribution is 2.38. The maximum absolute atomic E-state index is 12.4. The van der Waals surface area contributed by atoms with Gasteiger partial charge in [-0.15, -0.1) is 11.3 Å². The van der Waals surface area contributed by atoms with Crippen LogP contribution in [0.1, 0.15) is 10.5 Å². The van der Waals surface area contributed by atoms with Gasteiger partial charge in [-0.05, 0) is 18.2 Å². The van der Waals surface area contributed by atoms with Crippen LogP contribution < -0.4 is 10.2 Å². The Hall–Kier alpha value is -4.09. The summed E-state index contributed by atoms with van der Waals surface area (Å²) < 4.78 is 16.9. The Morgan fingerprint density at radius 2 is 2.03 bits per heavy atom. The van der Waals surface area contributed by atoms with Crippen LogP contribution in [0.15, 0.2) is 64.4 Å². The quantitative estimate of drug-likeness (QED) is 0.401. The van der Waals surface area contributed by atoms with Gasteiger partial charge in [0.2, 0.25) is 0 Å². The zero-order valence-electron chi connectivity index (χ0n) is 17.8. The Bertz CT molecular complexity index is 1440. The summed E-state index contributed by atoms with van der Waals surface area (Å²) in [7, 11) is 0. The molecular weight excluding hydrogens is 456 g/mol. The summed E-state index contributed by atoms with van der Waals surface area (Å²) in [6.07, 6.45) is 5.62. The van der Waals surface area contributed by atoms with E-state index in [1.807, 2.05) is 24.3 Å². The minimum atomic E-state index is -0.356. The highest BCUT2D eigenvalue weighted by atomic mass is 32.1. The maximum Gasteiger partial charge on any atom is 0.277 e. The number of rotatable bonds is 5. The number of carbonyl (C=O) groups is 1. The molecule has 6 rings (SSSR count). The van der Waals surface area contributed by atoms with Gasteiger partial charge in [0.25, 0.3) is 5.91 Å². The second-order valence-corrected chi connectivity index (χ2v) is 8.62. The van der Waals surface area contributed by atoms with Crippen molar-refractivity contribution in [3.8, 4) is 22.0 Å². The summed E-state index contributed by atoms with van der Waals surface area (Å²) in [6, 6.07) is 9.40. The van der Waals surface area contributed by atoms with Gasteiger partial charge >= 0.3 is 0 Å². The van der Waals surface area contributed by atoms with Crippen molar-refractivity contribution in [3.05, 3.63) is 61.3 Å². The van der Waals surface area contributed by atoms with E-state index >= 15 is 0 Å². The lowest BCUT2D eigenvalue weighted by Crippen LogP contribution is -2.36. The summed E-state index contributed by atoms with van der Waals surface area (Å²) >= 11 is 1.58. The third-order valence-corrected chi connectivity index (χ3v) is 6.52. The van der Waals surface area contributed by atoms with Gasteiger partial charge in [0.15, 0.2) is 35.9 Å². The fraction of sp³-hybridized carbons (Fsp3) is 0.174. The number of amides is 1. The first kappa shape index (κ1) is 20.5. The molecule has 0 atom stereocenters. The van der Waals surface area contributed by atoms with Gasteiger partial charge in [-0.3, -0.25) is 4.79 Å². The number of carbonyl (C=O) groups excluding carboxylic acids is 1. The Morgan fingerprint density at radius 3 is 2.82 bits per heavy atom. The number of benzene rings is 1. The molecular formula is C23H18N6O4S. The molecule has 1 fully saturated rings. The van der Waals surface area contributed by atoms with Crippen LogP contribution >= 0.6 is 11.3 Å². The van der Waals surface area contributed by atoms with Crippen molar-refractivity contribution in [3.63, 3.8) is 0 Å². The molecule has 0 aliphatic carbocycles. The monoisotopic (exact) mass is 474 g/mol. The van der Waals surface area contributed by atoms with Crippen molar-refractivity contribution >= 4 is 39.0 Å². The van der Waals surface area contributed by atoms with E-state index in [0.29, 0.717) is 30.5 Å². The van der Waals surface area contributed by atoms with Crippen LogP contribution in [0.4, 0.5) is 11.5 Å². The van der Waals surface area contributed by atoms with E-state index in [2.05, 4.69) is 20.2 Å². The Balaban J connectivity index is 1.41. The number of fused-ring (bicyclic) bond motifs is 1. The number of nitrogens with one attached hydrogen (secondary N) is 1. The number of anilines is 2. The standard InChI is InChI=1S/C23H18N6O4S/c30-23(17-11-32-13-25-17)26-15-3-1-2-14(8-15)21-27-16-9-19(18-10-24-12-33-18)34-20(16)22(28-21)29-4-6-31-7-5-29/h1-3,8-13H,4-7H2,(H,26,30). The van der Waals surface area contributed by atoms with E-state index in [1.165, 1.54) is 19.1 Å². The molecule has 5 heterocycles. The third-order valence-electron chi connectivity index (χ3n) is 5.38. The number of aromatic nitrogens is 4. The van der Waals surface area contributed by atoms with Crippen molar-refractivity contribution in [1.82, 2.24) is 19.9 Å². The normalized spacial score (nSPS) is 13.9. The lowest BCUT2D eigenvalue weighted by atomic mass is 10.1. The summed E-state index contributed by atoms with van der Waals surface area (Å²) in [5.41, 5.74) is 2.41. The van der Waals surface area contributed by atoms with E-state index in [4.69, 9.17) is 23.5 Å². The fourth-order valence-corrected chi connectivity index (χ4v) is 4.82. The highest BCUT2D eigenvalue weighted by molar-refractivity contribution is 7.22. The zero-order chi connectivity index (χ0) is 22.9. The predicted molar refractivity (Wildman–Crippen MR) is 126 cm³/mol. The molecule has 4 aromatic heterocycles. The van der Waals surface area contributed by atoms with Crippen LogP contribution in [0.5, 0.6) is 0 Å². The molecule has 1 saturated heterocycles. The maximum atomic E-state index is 12.4. The highest BCUT2D eigenvalue weighted by Gasteiger charge is 2.21. The smallest absolute Gasteiger partial charge is 0.277 e. The summed E-state index contributed by atoms with van der Waals surface area (Å²) in [5.74, 6) is 1.76. The van der Waals surface area contributed by atoms with Crippen LogP contribution in [-0.4, -0.2) is 52.1 Å². The van der Waals surface area contributed by atoms with E-state index in [1.54, 1.807) is 23.6 Å². The van der Waals surface area contributed by atoms with E-state index in [0.717, 1.165) is 39.6 Å². The zero-order valence-corrected chi connectivity index (χ0v) is 18.6. The first-order chi connectivity index (χ1) is 16.7. The molecule has 0 bridgehead atoms. The molecule has 1 aromatic carbocycles. The molecule has 10 nitrogen and oxygen atoms in total. The van der Waals surface area contributed by atoms with Gasteiger partial charge < -0.3 is 23.8 Å². The van der Waals surface area contributed by atoms with Crippen molar-refractivity contribution in [2.24, 2.45) is 0 Å². The number of hydrogen-bond donors (Lipinski definition) is 1. The van der Waals surface area contributed by atoms with Gasteiger partial charge in [0, 0.05) is 24.3 Å². The number of thiophene rings is 1. The van der Waals surface area contributed by atoms with Gasteiger partial charge in [-0.25, -0.2) is 19.9 Å². The lowest BCUT2D eigenvalue weighted by Gasteiger charge is -2.28. The van der Waals surface area contributed by atoms with Crippen molar-refractivity contribution in [2.45, 2.75) is 0 Å². The predicted octanol–water partition coefficient (Wildman–Crippen LogP) is 4.09. The van der Waals surface area contributed by atoms with E-state index < -0.39 is 0 Å². The topological polar surface area (TPSA) is 119 Å². The van der Waals surface area contributed by atoms with Crippen LogP contribution in [0.3, 0.4) is 0 Å². The first-order valence-corrected chi connectivity index (χ1v) is 11.4. The van der Waals surface area contributed by atoms with Gasteiger partial charge in [-0.2, -0.15) is 0 Å². The Morgan fingerprint density at radius 1 is 1.12 bits per heavy atom. The number of oxazole rings is 2. The number of nitrogens with zero attached hydrogens (tertiary/aromatic N) is 5. The van der Waals surface area contributed by atoms with Crippen LogP contribution in [-0.2, 0) is 4.74 Å². The minimum Gasteiger partial charge on any atom is -0.451 e. The molecule has 1 amide bonds. The van der Waals surface area contributed by atoms with Gasteiger partial charge in [0.05, 0.1) is 34.5 Å². The second-order valence-electron chi connectivity index (χ2n) is 7.57. The SMILES string of the molecule is O=C(Nc1cccc(-c2nc(N3CCOCC3)c3sc(-c4cnco4)cc3n2)c1)c1cocn1. The fourth-order valence-electron chi connectivity index (χ4n) is 3.75. The van der Waals surface area contributed by atoms with Crippen molar-refractivity contribution in [1.29, 1.82) is 0 Å². The van der Waals surface area contributed by atoms with Crippen LogP contribution in [0.25, 0.3) is 32.2 Å². The van der Waals surface area contributed by atoms with Crippen molar-refractivity contribution in [2.75, 3.05) is 36.5 Å². The number of ether oxygens (including phenoxy) is 1. The lowest BCUT2D eigenvalue weighted by molar-refractivity contribution is 0.102. The number of hydrogen-bond acceptors (Lipinski definition) is 10. The molecule has 1 aliphatic rings.